The maximum absolute atomic E-state index is 11.2. The lowest BCUT2D eigenvalue weighted by Gasteiger charge is -2.03. The van der Waals surface area contributed by atoms with Gasteiger partial charge >= 0.3 is 0 Å². The van der Waals surface area contributed by atoms with Gasteiger partial charge in [-0.25, -0.2) is 9.97 Å². The van der Waals surface area contributed by atoms with Crippen molar-refractivity contribution < 1.29 is 4.79 Å². The number of carbonyl (C=O) groups excluding carboxylic acids is 1. The highest BCUT2D eigenvalue weighted by Gasteiger charge is 2.12. The maximum atomic E-state index is 11.2. The minimum atomic E-state index is -0.459. The number of hydrogen-bond acceptors (Lipinski definition) is 7. The fourth-order valence-corrected chi connectivity index (χ4v) is 3.55. The summed E-state index contributed by atoms with van der Waals surface area (Å²) >= 11 is 2.89. The molecule has 0 radical (unpaired) electrons. The summed E-state index contributed by atoms with van der Waals surface area (Å²) in [7, 11) is 0. The van der Waals surface area contributed by atoms with Gasteiger partial charge in [-0.05, 0) is 25.1 Å². The van der Waals surface area contributed by atoms with Crippen molar-refractivity contribution in [2.24, 2.45) is 5.73 Å². The fourth-order valence-electron chi connectivity index (χ4n) is 1.96. The number of benzene rings is 1. The number of halogens is 1. The molecule has 0 aliphatic rings. The topological polar surface area (TPSA) is 107 Å². The minimum absolute atomic E-state index is 0. The summed E-state index contributed by atoms with van der Waals surface area (Å²) in [5.74, 6) is -0.459. The van der Waals surface area contributed by atoms with Gasteiger partial charge in [0.25, 0.3) is 0 Å². The second kappa shape index (κ2) is 7.07. The van der Waals surface area contributed by atoms with E-state index >= 15 is 0 Å². The summed E-state index contributed by atoms with van der Waals surface area (Å²) in [5, 5.41) is 6.37. The van der Waals surface area contributed by atoms with Crippen LogP contribution >= 0.6 is 39.7 Å². The number of aromatic nitrogens is 2. The average Bonchev–Trinajstić information content (AvgIpc) is 3.05. The van der Waals surface area contributed by atoms with Crippen molar-refractivity contribution in [1.29, 1.82) is 0 Å². The highest BCUT2D eigenvalue weighted by Crippen LogP contribution is 2.34. The molecule has 2 heterocycles. The number of nitrogen functional groups attached to an aromatic ring is 1. The monoisotopic (exact) mass is 411 g/mol. The number of primary amides is 1. The van der Waals surface area contributed by atoms with E-state index < -0.39 is 5.91 Å². The highest BCUT2D eigenvalue weighted by molar-refractivity contribution is 8.93. The van der Waals surface area contributed by atoms with Crippen LogP contribution in [-0.2, 0) is 0 Å². The Hall–Kier alpha value is -1.97. The number of nitrogens with one attached hydrogen (secondary N) is 1. The van der Waals surface area contributed by atoms with Gasteiger partial charge < -0.3 is 16.8 Å². The Balaban J connectivity index is 0.00000192. The molecule has 0 unspecified atom stereocenters. The number of anilines is 3. The van der Waals surface area contributed by atoms with E-state index in [0.29, 0.717) is 10.7 Å². The van der Waals surface area contributed by atoms with Gasteiger partial charge in [0.15, 0.2) is 10.3 Å². The number of hydrogen-bond donors (Lipinski definition) is 3. The first-order valence-electron chi connectivity index (χ1n) is 6.38. The number of thiazole rings is 2. The Morgan fingerprint density at radius 3 is 2.74 bits per heavy atom. The fraction of sp³-hybridized carbons (Fsp3) is 0.0714. The molecular weight excluding hydrogens is 398 g/mol. The van der Waals surface area contributed by atoms with Crippen molar-refractivity contribution in [1.82, 2.24) is 9.97 Å². The van der Waals surface area contributed by atoms with Crippen molar-refractivity contribution in [3.05, 3.63) is 40.9 Å². The Bertz CT molecular complexity index is 845. The smallest absolute Gasteiger partial charge is 0.248 e. The average molecular weight is 412 g/mol. The zero-order valence-corrected chi connectivity index (χ0v) is 15.4. The molecule has 2 aromatic heterocycles. The number of aryl methyl sites for hydroxylation is 1. The van der Waals surface area contributed by atoms with Crippen LogP contribution in [0.2, 0.25) is 0 Å². The molecule has 1 aromatic carbocycles. The van der Waals surface area contributed by atoms with Gasteiger partial charge in [0.05, 0.1) is 16.3 Å². The van der Waals surface area contributed by atoms with Gasteiger partial charge in [0.1, 0.15) is 0 Å². The molecule has 0 fully saturated rings. The lowest BCUT2D eigenvalue weighted by atomic mass is 10.2. The van der Waals surface area contributed by atoms with E-state index in [0.717, 1.165) is 27.1 Å². The van der Waals surface area contributed by atoms with Crippen molar-refractivity contribution in [3.63, 3.8) is 0 Å². The molecule has 0 saturated carbocycles. The van der Waals surface area contributed by atoms with Gasteiger partial charge in [-0.15, -0.1) is 28.3 Å². The minimum Gasteiger partial charge on any atom is -0.375 e. The molecule has 0 atom stereocenters. The molecule has 5 N–H and O–H groups in total. The molecule has 0 aliphatic heterocycles. The summed E-state index contributed by atoms with van der Waals surface area (Å²) in [6.45, 7) is 1.91. The number of nitrogens with two attached hydrogens (primary N) is 2. The molecule has 3 aromatic rings. The molecule has 9 heteroatoms. The van der Waals surface area contributed by atoms with E-state index in [1.54, 1.807) is 18.2 Å². The van der Waals surface area contributed by atoms with Crippen molar-refractivity contribution in [2.75, 3.05) is 11.1 Å². The third-order valence-electron chi connectivity index (χ3n) is 2.95. The third kappa shape index (κ3) is 3.87. The van der Waals surface area contributed by atoms with Crippen molar-refractivity contribution >= 4 is 61.5 Å². The van der Waals surface area contributed by atoms with Crippen LogP contribution in [0.15, 0.2) is 29.6 Å². The van der Waals surface area contributed by atoms with Gasteiger partial charge in [-0.2, -0.15) is 0 Å². The summed E-state index contributed by atoms with van der Waals surface area (Å²) in [6, 6.07) is 6.98. The number of rotatable bonds is 4. The summed E-state index contributed by atoms with van der Waals surface area (Å²) in [5.41, 5.74) is 13.9. The molecule has 23 heavy (non-hydrogen) atoms. The quantitative estimate of drug-likeness (QED) is 0.607. The van der Waals surface area contributed by atoms with Crippen LogP contribution in [0.3, 0.4) is 0 Å². The Kier molecular flexibility index (Phi) is 5.34. The maximum Gasteiger partial charge on any atom is 0.248 e. The van der Waals surface area contributed by atoms with Gasteiger partial charge in [-0.3, -0.25) is 4.79 Å². The van der Waals surface area contributed by atoms with Crippen LogP contribution in [0.5, 0.6) is 0 Å². The van der Waals surface area contributed by atoms with E-state index in [1.165, 1.54) is 22.7 Å². The van der Waals surface area contributed by atoms with E-state index in [9.17, 15) is 4.79 Å². The predicted molar refractivity (Wildman–Crippen MR) is 101 cm³/mol. The standard InChI is InChI=1S/C14H13N5OS2.BrH/c1-7-11(22-13(16)17-7)10-6-21-14(19-10)18-9-4-2-3-8(5-9)12(15)20;/h2-6H,1H3,(H2,15,20)(H2,16,17)(H,18,19);1H. The van der Waals surface area contributed by atoms with Crippen LogP contribution in [0.4, 0.5) is 16.0 Å². The molecule has 3 rings (SSSR count). The second-order valence-corrected chi connectivity index (χ2v) is 6.46. The van der Waals surface area contributed by atoms with Crippen LogP contribution in [0.1, 0.15) is 16.1 Å². The molecule has 0 spiro atoms. The molecule has 0 bridgehead atoms. The molecule has 0 aliphatic carbocycles. The van der Waals surface area contributed by atoms with Gasteiger partial charge in [-0.1, -0.05) is 17.4 Å². The van der Waals surface area contributed by atoms with Crippen molar-refractivity contribution in [2.45, 2.75) is 6.92 Å². The number of nitrogens with zero attached hydrogens (tertiary/aromatic N) is 2. The first kappa shape index (κ1) is 17.4. The Morgan fingerprint density at radius 1 is 1.30 bits per heavy atom. The van der Waals surface area contributed by atoms with E-state index in [4.69, 9.17) is 11.5 Å². The SMILES string of the molecule is Br.Cc1nc(N)sc1-c1csc(Nc2cccc(C(N)=O)c2)n1. The second-order valence-electron chi connectivity index (χ2n) is 4.57. The van der Waals surface area contributed by atoms with Crippen molar-refractivity contribution in [3.8, 4) is 10.6 Å². The summed E-state index contributed by atoms with van der Waals surface area (Å²) in [6.07, 6.45) is 0. The number of carbonyl (C=O) groups is 1. The Morgan fingerprint density at radius 2 is 2.09 bits per heavy atom. The van der Waals surface area contributed by atoms with Gasteiger partial charge in [0.2, 0.25) is 5.91 Å². The summed E-state index contributed by atoms with van der Waals surface area (Å²) < 4.78 is 0. The lowest BCUT2D eigenvalue weighted by molar-refractivity contribution is 0.100. The summed E-state index contributed by atoms with van der Waals surface area (Å²) in [4.78, 5) is 20.9. The largest absolute Gasteiger partial charge is 0.375 e. The van der Waals surface area contributed by atoms with E-state index in [1.807, 2.05) is 18.4 Å². The predicted octanol–water partition coefficient (Wildman–Crippen LogP) is 3.58. The van der Waals surface area contributed by atoms with Crippen LogP contribution in [-0.4, -0.2) is 15.9 Å². The zero-order chi connectivity index (χ0) is 15.7. The first-order valence-corrected chi connectivity index (χ1v) is 8.08. The zero-order valence-electron chi connectivity index (χ0n) is 12.1. The number of amides is 1. The Labute approximate surface area is 151 Å². The molecule has 120 valence electrons. The van der Waals surface area contributed by atoms with E-state index in [2.05, 4.69) is 15.3 Å². The third-order valence-corrected chi connectivity index (χ3v) is 4.72. The van der Waals surface area contributed by atoms with Crippen LogP contribution < -0.4 is 16.8 Å². The highest BCUT2D eigenvalue weighted by atomic mass is 79.9. The molecule has 0 saturated heterocycles. The van der Waals surface area contributed by atoms with Crippen LogP contribution in [0.25, 0.3) is 10.6 Å². The lowest BCUT2D eigenvalue weighted by Crippen LogP contribution is -2.10. The molecular formula is C14H14BrN5OS2. The first-order chi connectivity index (χ1) is 10.5. The van der Waals surface area contributed by atoms with E-state index in [-0.39, 0.29) is 17.0 Å². The van der Waals surface area contributed by atoms with Gasteiger partial charge in [0, 0.05) is 16.6 Å². The van der Waals surface area contributed by atoms with Crippen LogP contribution in [0, 0.1) is 6.92 Å². The normalized spacial score (nSPS) is 10.1. The molecule has 6 nitrogen and oxygen atoms in total. The molecule has 1 amide bonds.